The average molecular weight is 356 g/mol. The molecule has 108 valence electrons. The van der Waals surface area contributed by atoms with E-state index in [2.05, 4.69) is 37.4 Å². The fourth-order valence-corrected chi connectivity index (χ4v) is 4.15. The molecular formula is C14H18BrN3OS. The largest absolute Gasteiger partial charge is 0.381 e. The summed E-state index contributed by atoms with van der Waals surface area (Å²) in [4.78, 5) is 5.69. The Morgan fingerprint density at radius 1 is 1.35 bits per heavy atom. The SMILES string of the molecule is COC1CCN(Sc2ccc3c(ncn3C)c2Br)CC1. The van der Waals surface area contributed by atoms with Crippen molar-refractivity contribution >= 4 is 38.9 Å². The minimum atomic E-state index is 0.425. The van der Waals surface area contributed by atoms with E-state index in [9.17, 15) is 0 Å². The van der Waals surface area contributed by atoms with Gasteiger partial charge in [0, 0.05) is 32.1 Å². The topological polar surface area (TPSA) is 30.3 Å². The monoisotopic (exact) mass is 355 g/mol. The summed E-state index contributed by atoms with van der Waals surface area (Å²) in [6.07, 6.45) is 4.49. The molecule has 0 unspecified atom stereocenters. The number of aryl methyl sites for hydroxylation is 1. The number of halogens is 1. The normalized spacial score (nSPS) is 17.9. The molecule has 1 aromatic carbocycles. The molecule has 2 heterocycles. The van der Waals surface area contributed by atoms with Crippen molar-refractivity contribution < 1.29 is 4.74 Å². The van der Waals surface area contributed by atoms with E-state index in [0.717, 1.165) is 41.4 Å². The Balaban J connectivity index is 1.76. The average Bonchev–Trinajstić information content (AvgIpc) is 2.85. The van der Waals surface area contributed by atoms with Crippen molar-refractivity contribution in [2.75, 3.05) is 20.2 Å². The van der Waals surface area contributed by atoms with Crippen LogP contribution in [0.3, 0.4) is 0 Å². The molecule has 1 aliphatic rings. The zero-order chi connectivity index (χ0) is 14.1. The highest BCUT2D eigenvalue weighted by atomic mass is 79.9. The summed E-state index contributed by atoms with van der Waals surface area (Å²) >= 11 is 5.51. The van der Waals surface area contributed by atoms with Crippen molar-refractivity contribution in [2.45, 2.75) is 23.8 Å². The van der Waals surface area contributed by atoms with Crippen LogP contribution in [0.5, 0.6) is 0 Å². The van der Waals surface area contributed by atoms with Gasteiger partial charge in [0.25, 0.3) is 0 Å². The Morgan fingerprint density at radius 2 is 2.10 bits per heavy atom. The van der Waals surface area contributed by atoms with Crippen LogP contribution in [0.4, 0.5) is 0 Å². The Kier molecular flexibility index (Phi) is 4.35. The zero-order valence-electron chi connectivity index (χ0n) is 11.7. The van der Waals surface area contributed by atoms with Gasteiger partial charge in [0.1, 0.15) is 5.52 Å². The Bertz CT molecular complexity index is 608. The molecule has 2 aromatic rings. The quantitative estimate of drug-likeness (QED) is 0.788. The number of hydrogen-bond acceptors (Lipinski definition) is 4. The molecule has 1 saturated heterocycles. The van der Waals surface area contributed by atoms with Gasteiger partial charge in [0.15, 0.2) is 0 Å². The lowest BCUT2D eigenvalue weighted by Gasteiger charge is -2.30. The molecule has 20 heavy (non-hydrogen) atoms. The van der Waals surface area contributed by atoms with Gasteiger partial charge in [-0.1, -0.05) is 0 Å². The van der Waals surface area contributed by atoms with Crippen LogP contribution in [0.15, 0.2) is 27.8 Å². The molecule has 1 aliphatic heterocycles. The van der Waals surface area contributed by atoms with Crippen molar-refractivity contribution in [3.63, 3.8) is 0 Å². The Labute approximate surface area is 131 Å². The molecule has 0 atom stereocenters. The molecule has 3 rings (SSSR count). The van der Waals surface area contributed by atoms with Crippen molar-refractivity contribution in [3.8, 4) is 0 Å². The predicted octanol–water partition coefficient (Wildman–Crippen LogP) is 3.45. The maximum Gasteiger partial charge on any atom is 0.104 e. The number of benzene rings is 1. The van der Waals surface area contributed by atoms with Crippen LogP contribution in [0.2, 0.25) is 0 Å². The van der Waals surface area contributed by atoms with E-state index in [4.69, 9.17) is 4.74 Å². The molecule has 0 amide bonds. The summed E-state index contributed by atoms with van der Waals surface area (Å²) in [5.74, 6) is 0. The first-order chi connectivity index (χ1) is 9.69. The lowest BCUT2D eigenvalue weighted by atomic mass is 10.1. The second kappa shape index (κ2) is 6.05. The van der Waals surface area contributed by atoms with Crippen molar-refractivity contribution in [1.82, 2.24) is 13.9 Å². The lowest BCUT2D eigenvalue weighted by molar-refractivity contribution is 0.0624. The number of nitrogens with zero attached hydrogens (tertiary/aromatic N) is 3. The van der Waals surface area contributed by atoms with E-state index in [-0.39, 0.29) is 0 Å². The number of methoxy groups -OCH3 is 1. The van der Waals surface area contributed by atoms with Gasteiger partial charge >= 0.3 is 0 Å². The standard InChI is InChI=1S/C14H18BrN3OS/c1-17-9-16-14-11(17)3-4-12(13(14)15)20-18-7-5-10(19-2)6-8-18/h3-4,9-10H,5-8H2,1-2H3. The third-order valence-electron chi connectivity index (χ3n) is 3.76. The highest BCUT2D eigenvalue weighted by Crippen LogP contribution is 2.36. The van der Waals surface area contributed by atoms with Gasteiger partial charge in [-0.25, -0.2) is 9.29 Å². The second-order valence-corrected chi connectivity index (χ2v) is 6.99. The van der Waals surface area contributed by atoms with Crippen molar-refractivity contribution in [2.24, 2.45) is 7.05 Å². The van der Waals surface area contributed by atoms with Crippen LogP contribution in [0.25, 0.3) is 11.0 Å². The van der Waals surface area contributed by atoms with E-state index in [1.54, 1.807) is 7.11 Å². The molecular weight excluding hydrogens is 338 g/mol. The third kappa shape index (κ3) is 2.74. The Morgan fingerprint density at radius 3 is 2.80 bits per heavy atom. The molecule has 0 bridgehead atoms. The lowest BCUT2D eigenvalue weighted by Crippen LogP contribution is -2.32. The molecule has 1 aromatic heterocycles. The van der Waals surface area contributed by atoms with Gasteiger partial charge < -0.3 is 9.30 Å². The number of imidazole rings is 1. The predicted molar refractivity (Wildman–Crippen MR) is 85.9 cm³/mol. The number of rotatable bonds is 3. The zero-order valence-corrected chi connectivity index (χ0v) is 14.1. The Hall–Kier alpha value is -0.560. The van der Waals surface area contributed by atoms with Crippen LogP contribution < -0.4 is 0 Å². The summed E-state index contributed by atoms with van der Waals surface area (Å²) in [5.41, 5.74) is 2.18. The molecule has 0 N–H and O–H groups in total. The highest BCUT2D eigenvalue weighted by molar-refractivity contribution is 9.10. The van der Waals surface area contributed by atoms with E-state index < -0.39 is 0 Å². The van der Waals surface area contributed by atoms with Crippen molar-refractivity contribution in [1.29, 1.82) is 0 Å². The van der Waals surface area contributed by atoms with Gasteiger partial charge in [-0.15, -0.1) is 0 Å². The number of hydrogen-bond donors (Lipinski definition) is 0. The summed E-state index contributed by atoms with van der Waals surface area (Å²) in [5, 5.41) is 0. The summed E-state index contributed by atoms with van der Waals surface area (Å²) in [7, 11) is 3.82. The van der Waals surface area contributed by atoms with Crippen LogP contribution >= 0.6 is 27.9 Å². The number of piperidine rings is 1. The van der Waals surface area contributed by atoms with Gasteiger partial charge in [0.05, 0.1) is 22.4 Å². The van der Waals surface area contributed by atoms with E-state index in [1.165, 1.54) is 4.90 Å². The van der Waals surface area contributed by atoms with Gasteiger partial charge in [-0.2, -0.15) is 0 Å². The molecule has 0 spiro atoms. The third-order valence-corrected chi connectivity index (χ3v) is 5.99. The smallest absolute Gasteiger partial charge is 0.104 e. The van der Waals surface area contributed by atoms with Crippen LogP contribution in [-0.2, 0) is 11.8 Å². The van der Waals surface area contributed by atoms with E-state index >= 15 is 0 Å². The van der Waals surface area contributed by atoms with Gasteiger partial charge in [-0.05, 0) is 52.9 Å². The molecule has 0 radical (unpaired) electrons. The summed E-state index contributed by atoms with van der Waals surface area (Å²) in [6.45, 7) is 2.13. The van der Waals surface area contributed by atoms with Crippen LogP contribution in [0, 0.1) is 0 Å². The molecule has 1 fully saturated rings. The molecule has 6 heteroatoms. The fourth-order valence-electron chi connectivity index (χ4n) is 2.52. The highest BCUT2D eigenvalue weighted by Gasteiger charge is 2.20. The summed E-state index contributed by atoms with van der Waals surface area (Å²) in [6, 6.07) is 4.30. The minimum Gasteiger partial charge on any atom is -0.381 e. The maximum atomic E-state index is 5.42. The first kappa shape index (κ1) is 14.4. The number of ether oxygens (including phenoxy) is 1. The van der Waals surface area contributed by atoms with E-state index in [1.807, 2.05) is 29.9 Å². The minimum absolute atomic E-state index is 0.425. The molecule has 4 nitrogen and oxygen atoms in total. The van der Waals surface area contributed by atoms with Crippen LogP contribution in [-0.4, -0.2) is 40.2 Å². The van der Waals surface area contributed by atoms with E-state index in [0.29, 0.717) is 6.10 Å². The summed E-state index contributed by atoms with van der Waals surface area (Å²) < 4.78 is 11.0. The first-order valence-corrected chi connectivity index (χ1v) is 8.31. The van der Waals surface area contributed by atoms with Gasteiger partial charge in [-0.3, -0.25) is 0 Å². The number of aromatic nitrogens is 2. The van der Waals surface area contributed by atoms with Crippen molar-refractivity contribution in [3.05, 3.63) is 22.9 Å². The fraction of sp³-hybridized carbons (Fsp3) is 0.500. The maximum absolute atomic E-state index is 5.42. The first-order valence-electron chi connectivity index (χ1n) is 6.74. The second-order valence-electron chi connectivity index (χ2n) is 5.06. The number of fused-ring (bicyclic) bond motifs is 1. The van der Waals surface area contributed by atoms with Gasteiger partial charge in [0.2, 0.25) is 0 Å². The van der Waals surface area contributed by atoms with Crippen LogP contribution in [0.1, 0.15) is 12.8 Å². The molecule has 0 saturated carbocycles. The molecule has 0 aliphatic carbocycles.